The van der Waals surface area contributed by atoms with Crippen LogP contribution in [0.3, 0.4) is 0 Å². The number of tetrazole rings is 1. The summed E-state index contributed by atoms with van der Waals surface area (Å²) < 4.78 is 49.6. The Balaban J connectivity index is 2.26. The molecule has 0 bridgehead atoms. The molecular formula is C13H21N4O6SSi+. The van der Waals surface area contributed by atoms with Gasteiger partial charge in [0.05, 0.1) is 22.4 Å². The molecule has 2 aromatic rings. The fourth-order valence-electron chi connectivity index (χ4n) is 2.33. The summed E-state index contributed by atoms with van der Waals surface area (Å²) >= 11 is 0. The van der Waals surface area contributed by atoms with Crippen LogP contribution in [0.4, 0.5) is 0 Å². The van der Waals surface area contributed by atoms with Crippen LogP contribution in [-0.2, 0) is 30.1 Å². The van der Waals surface area contributed by atoms with Gasteiger partial charge in [0.1, 0.15) is 4.20 Å². The maximum atomic E-state index is 11.3. The molecule has 0 aliphatic rings. The zero-order valence-electron chi connectivity index (χ0n) is 14.2. The molecule has 1 heterocycles. The molecule has 1 aromatic carbocycles. The zero-order valence-corrected chi connectivity index (χ0v) is 16.0. The number of nitrogens with zero attached hydrogens (tertiary/aromatic N) is 4. The fourth-order valence-corrected chi connectivity index (χ4v) is 4.40. The number of aryl methyl sites for hydroxylation is 1. The van der Waals surface area contributed by atoms with Gasteiger partial charge in [-0.25, -0.2) is 0 Å². The lowest BCUT2D eigenvalue weighted by Gasteiger charge is -2.23. The van der Waals surface area contributed by atoms with E-state index in [-0.39, 0.29) is 0 Å². The van der Waals surface area contributed by atoms with Gasteiger partial charge in [-0.05, 0) is 18.6 Å². The molecule has 1 aromatic heterocycles. The van der Waals surface area contributed by atoms with Gasteiger partial charge in [0.25, 0.3) is 0 Å². The van der Waals surface area contributed by atoms with Crippen molar-refractivity contribution in [1.29, 1.82) is 0 Å². The maximum absolute atomic E-state index is 11.3. The first kappa shape index (κ1) is 19.6. The Labute approximate surface area is 147 Å². The minimum absolute atomic E-state index is 0.295. The molecule has 10 nitrogen and oxygen atoms in total. The van der Waals surface area contributed by atoms with Gasteiger partial charge in [-0.1, -0.05) is 18.2 Å². The average molecular weight is 389 g/mol. The third kappa shape index (κ3) is 4.68. The Morgan fingerprint density at radius 1 is 1.16 bits per heavy atom. The van der Waals surface area contributed by atoms with Crippen molar-refractivity contribution in [2.24, 2.45) is 0 Å². The predicted octanol–water partition coefficient (Wildman–Crippen LogP) is 0.152. The maximum Gasteiger partial charge on any atom is 0.500 e. The van der Waals surface area contributed by atoms with E-state index >= 15 is 0 Å². The second-order valence-electron chi connectivity index (χ2n) is 5.10. The fraction of sp³-hybridized carbons (Fsp3) is 0.462. The summed E-state index contributed by atoms with van der Waals surface area (Å²) in [5.74, 6) is 0.317. The van der Waals surface area contributed by atoms with Crippen LogP contribution in [0.5, 0.6) is 0 Å². The van der Waals surface area contributed by atoms with Crippen LogP contribution in [0.1, 0.15) is 6.42 Å². The van der Waals surface area contributed by atoms with E-state index in [2.05, 4.69) is 10.3 Å². The second kappa shape index (κ2) is 8.12. The lowest BCUT2D eigenvalue weighted by Crippen LogP contribution is -2.45. The average Bonchev–Trinajstić information content (AvgIpc) is 3.04. The van der Waals surface area contributed by atoms with Crippen LogP contribution in [0.15, 0.2) is 30.3 Å². The molecule has 0 saturated carbocycles. The predicted molar refractivity (Wildman–Crippen MR) is 88.8 cm³/mol. The van der Waals surface area contributed by atoms with Gasteiger partial charge >= 0.3 is 24.9 Å². The molecule has 0 aliphatic heterocycles. The third-order valence-electron chi connectivity index (χ3n) is 3.63. The van der Waals surface area contributed by atoms with E-state index in [0.717, 1.165) is 0 Å². The molecule has 1 N–H and O–H groups in total. The quantitative estimate of drug-likeness (QED) is 0.366. The molecule has 0 fully saturated rings. The molecule has 0 unspecified atom stereocenters. The highest BCUT2D eigenvalue weighted by molar-refractivity contribution is 7.84. The van der Waals surface area contributed by atoms with E-state index in [4.69, 9.17) is 13.3 Å². The molecule has 25 heavy (non-hydrogen) atoms. The molecule has 0 radical (unpaired) electrons. The van der Waals surface area contributed by atoms with Crippen molar-refractivity contribution in [3.63, 3.8) is 0 Å². The standard InChI is InChI=1S/C13H20N4O6SSi/c1-21-25(22-2,23-3)11-7-10-16-13(12-8-5-4-6-9-12)14-17(15-16)24(18,19)20/h4-6,8-9H,7,10-11H2,1-3H3/p+1. The summed E-state index contributed by atoms with van der Waals surface area (Å²) in [6.07, 6.45) is 0.552. The van der Waals surface area contributed by atoms with Crippen molar-refractivity contribution >= 4 is 19.1 Å². The van der Waals surface area contributed by atoms with E-state index in [1.807, 2.05) is 6.07 Å². The Morgan fingerprint density at radius 3 is 2.28 bits per heavy atom. The molecule has 2 rings (SSSR count). The van der Waals surface area contributed by atoms with Gasteiger partial charge in [-0.3, -0.25) is 4.55 Å². The van der Waals surface area contributed by atoms with E-state index < -0.39 is 19.1 Å². The minimum atomic E-state index is -4.57. The minimum Gasteiger partial charge on any atom is -0.377 e. The van der Waals surface area contributed by atoms with Crippen molar-refractivity contribution in [3.8, 4) is 11.4 Å². The van der Waals surface area contributed by atoms with Crippen LogP contribution in [0.2, 0.25) is 6.04 Å². The molecule has 0 spiro atoms. The summed E-state index contributed by atoms with van der Waals surface area (Å²) in [6, 6.07) is 9.48. The molecule has 0 aliphatic carbocycles. The van der Waals surface area contributed by atoms with Gasteiger partial charge in [0, 0.05) is 27.4 Å². The Hall–Kier alpha value is -1.70. The number of benzene rings is 1. The Morgan fingerprint density at radius 2 is 1.76 bits per heavy atom. The summed E-state index contributed by atoms with van der Waals surface area (Å²) in [5, 5.41) is 7.71. The van der Waals surface area contributed by atoms with E-state index in [1.165, 1.54) is 26.0 Å². The highest BCUT2D eigenvalue weighted by Crippen LogP contribution is 2.16. The topological polar surface area (TPSA) is 117 Å². The first-order chi connectivity index (χ1) is 11.8. The van der Waals surface area contributed by atoms with Gasteiger partial charge in [0.15, 0.2) is 0 Å². The van der Waals surface area contributed by atoms with Crippen LogP contribution in [0.25, 0.3) is 11.4 Å². The van der Waals surface area contributed by atoms with Gasteiger partial charge in [-0.2, -0.15) is 8.42 Å². The molecule has 0 amide bonds. The van der Waals surface area contributed by atoms with Crippen molar-refractivity contribution in [1.82, 2.24) is 14.5 Å². The summed E-state index contributed by atoms with van der Waals surface area (Å²) in [6.45, 7) is 0.338. The molecule has 0 atom stereocenters. The van der Waals surface area contributed by atoms with Crippen LogP contribution < -0.4 is 4.68 Å². The first-order valence-corrected chi connectivity index (χ1v) is 10.7. The number of aromatic nitrogens is 4. The van der Waals surface area contributed by atoms with E-state index in [0.29, 0.717) is 34.6 Å². The monoisotopic (exact) mass is 389 g/mol. The first-order valence-electron chi connectivity index (χ1n) is 7.41. The number of hydrogen-bond donors (Lipinski definition) is 1. The SMILES string of the molecule is CO[Si](CCC[n+]1nn(S(=O)(=O)O)nc1-c1ccccc1)(OC)OC. The third-order valence-corrected chi connectivity index (χ3v) is 7.03. The van der Waals surface area contributed by atoms with E-state index in [9.17, 15) is 13.0 Å². The van der Waals surface area contributed by atoms with Gasteiger partial charge in [-0.15, -0.1) is 4.68 Å². The Bertz CT molecular complexity index is 786. The van der Waals surface area contributed by atoms with Gasteiger partial charge < -0.3 is 13.3 Å². The highest BCUT2D eigenvalue weighted by Gasteiger charge is 2.37. The lowest BCUT2D eigenvalue weighted by atomic mass is 10.2. The van der Waals surface area contributed by atoms with Gasteiger partial charge in [0.2, 0.25) is 0 Å². The molecule has 0 saturated heterocycles. The highest BCUT2D eigenvalue weighted by atomic mass is 32.2. The van der Waals surface area contributed by atoms with Crippen molar-refractivity contribution in [3.05, 3.63) is 30.3 Å². The molecule has 138 valence electrons. The normalized spacial score (nSPS) is 12.5. The largest absolute Gasteiger partial charge is 0.500 e. The molecular weight excluding hydrogens is 368 g/mol. The van der Waals surface area contributed by atoms with Crippen molar-refractivity contribution in [2.75, 3.05) is 21.3 Å². The van der Waals surface area contributed by atoms with E-state index in [1.54, 1.807) is 24.3 Å². The zero-order chi connectivity index (χ0) is 18.5. The van der Waals surface area contributed by atoms with Crippen LogP contribution in [-0.4, -0.2) is 57.6 Å². The lowest BCUT2D eigenvalue weighted by molar-refractivity contribution is -0.745. The molecule has 12 heteroatoms. The summed E-state index contributed by atoms with van der Waals surface area (Å²) in [4.78, 5) is 0. The van der Waals surface area contributed by atoms with Crippen molar-refractivity contribution in [2.45, 2.75) is 19.0 Å². The summed E-state index contributed by atoms with van der Waals surface area (Å²) in [7, 11) is -2.73. The Kier molecular flexibility index (Phi) is 6.37. The summed E-state index contributed by atoms with van der Waals surface area (Å²) in [5.41, 5.74) is 0.672. The van der Waals surface area contributed by atoms with Crippen molar-refractivity contribution < 1.29 is 30.9 Å². The van der Waals surface area contributed by atoms with Crippen LogP contribution >= 0.6 is 0 Å². The smallest absolute Gasteiger partial charge is 0.377 e. The number of hydrogen-bond acceptors (Lipinski definition) is 7. The second-order valence-corrected chi connectivity index (χ2v) is 9.41. The van der Waals surface area contributed by atoms with Crippen LogP contribution in [0, 0.1) is 0 Å². The number of rotatable bonds is 9.